The summed E-state index contributed by atoms with van der Waals surface area (Å²) < 4.78 is 18.0. The average Bonchev–Trinajstić information content (AvgIpc) is 2.17. The standard InChI is InChI=1S/C9H13FN2O/c1-11-7-4-6(10)9(13-3)5-8(7)12-2/h4-5,11-12H,1-3H3. The molecule has 72 valence electrons. The van der Waals surface area contributed by atoms with E-state index in [9.17, 15) is 4.39 Å². The molecule has 13 heavy (non-hydrogen) atoms. The second-order valence-electron chi connectivity index (χ2n) is 2.53. The Hall–Kier alpha value is -1.45. The van der Waals surface area contributed by atoms with E-state index in [0.29, 0.717) is 5.69 Å². The first-order chi connectivity index (χ1) is 6.22. The van der Waals surface area contributed by atoms with Gasteiger partial charge in [0.1, 0.15) is 0 Å². The van der Waals surface area contributed by atoms with Gasteiger partial charge in [-0.2, -0.15) is 0 Å². The quantitative estimate of drug-likeness (QED) is 0.753. The molecule has 0 aliphatic heterocycles. The minimum atomic E-state index is -0.370. The molecule has 1 aromatic rings. The molecule has 0 unspecified atom stereocenters. The molecule has 0 atom stereocenters. The third-order valence-electron chi connectivity index (χ3n) is 1.83. The molecule has 0 saturated heterocycles. The van der Waals surface area contributed by atoms with Crippen LogP contribution in [0.25, 0.3) is 0 Å². The van der Waals surface area contributed by atoms with Crippen molar-refractivity contribution in [3.63, 3.8) is 0 Å². The number of hydrogen-bond donors (Lipinski definition) is 2. The second-order valence-corrected chi connectivity index (χ2v) is 2.53. The van der Waals surface area contributed by atoms with Crippen molar-refractivity contribution in [2.24, 2.45) is 0 Å². The van der Waals surface area contributed by atoms with E-state index in [2.05, 4.69) is 10.6 Å². The van der Waals surface area contributed by atoms with Crippen LogP contribution in [0, 0.1) is 5.82 Å². The molecule has 0 spiro atoms. The molecule has 0 fully saturated rings. The Balaban J connectivity index is 3.18. The van der Waals surface area contributed by atoms with Gasteiger partial charge in [0.15, 0.2) is 11.6 Å². The highest BCUT2D eigenvalue weighted by molar-refractivity contribution is 5.70. The van der Waals surface area contributed by atoms with E-state index >= 15 is 0 Å². The number of benzene rings is 1. The van der Waals surface area contributed by atoms with Gasteiger partial charge in [-0.15, -0.1) is 0 Å². The van der Waals surface area contributed by atoms with Crippen molar-refractivity contribution < 1.29 is 9.13 Å². The van der Waals surface area contributed by atoms with E-state index in [0.717, 1.165) is 5.69 Å². The van der Waals surface area contributed by atoms with Crippen molar-refractivity contribution >= 4 is 11.4 Å². The number of ether oxygens (including phenoxy) is 1. The average molecular weight is 184 g/mol. The molecule has 3 nitrogen and oxygen atoms in total. The highest BCUT2D eigenvalue weighted by Gasteiger charge is 2.07. The fraction of sp³-hybridized carbons (Fsp3) is 0.333. The topological polar surface area (TPSA) is 33.3 Å². The van der Waals surface area contributed by atoms with Crippen LogP contribution in [-0.2, 0) is 0 Å². The molecule has 0 radical (unpaired) electrons. The smallest absolute Gasteiger partial charge is 0.167 e. The lowest BCUT2D eigenvalue weighted by molar-refractivity contribution is 0.387. The molecule has 4 heteroatoms. The molecular weight excluding hydrogens is 171 g/mol. The molecule has 1 aromatic carbocycles. The number of nitrogens with one attached hydrogen (secondary N) is 2. The Morgan fingerprint density at radius 3 is 2.15 bits per heavy atom. The van der Waals surface area contributed by atoms with Gasteiger partial charge in [-0.05, 0) is 0 Å². The van der Waals surface area contributed by atoms with E-state index in [4.69, 9.17) is 4.74 Å². The van der Waals surface area contributed by atoms with Crippen LogP contribution in [0.15, 0.2) is 12.1 Å². The van der Waals surface area contributed by atoms with Crippen LogP contribution in [-0.4, -0.2) is 21.2 Å². The molecule has 0 bridgehead atoms. The summed E-state index contributed by atoms with van der Waals surface area (Å²) in [4.78, 5) is 0. The Bertz CT molecular complexity index is 302. The number of hydrogen-bond acceptors (Lipinski definition) is 3. The maximum absolute atomic E-state index is 13.2. The zero-order chi connectivity index (χ0) is 9.84. The van der Waals surface area contributed by atoms with Gasteiger partial charge < -0.3 is 15.4 Å². The molecule has 0 amide bonds. The maximum Gasteiger partial charge on any atom is 0.167 e. The Morgan fingerprint density at radius 2 is 1.69 bits per heavy atom. The Labute approximate surface area is 76.9 Å². The summed E-state index contributed by atoms with van der Waals surface area (Å²) in [6.45, 7) is 0. The molecule has 0 aliphatic carbocycles. The van der Waals surface area contributed by atoms with Crippen LogP contribution in [0.2, 0.25) is 0 Å². The van der Waals surface area contributed by atoms with E-state index in [1.165, 1.54) is 13.2 Å². The summed E-state index contributed by atoms with van der Waals surface area (Å²) in [6.07, 6.45) is 0. The highest BCUT2D eigenvalue weighted by atomic mass is 19.1. The van der Waals surface area contributed by atoms with Crippen molar-refractivity contribution in [3.8, 4) is 5.75 Å². The second kappa shape index (κ2) is 3.98. The largest absolute Gasteiger partial charge is 0.494 e. The number of halogens is 1. The van der Waals surface area contributed by atoms with Crippen LogP contribution in [0.5, 0.6) is 5.75 Å². The predicted octanol–water partition coefficient (Wildman–Crippen LogP) is 1.92. The first-order valence-corrected chi connectivity index (χ1v) is 3.96. The van der Waals surface area contributed by atoms with E-state index in [-0.39, 0.29) is 11.6 Å². The maximum atomic E-state index is 13.2. The Kier molecular flexibility index (Phi) is 2.95. The third-order valence-corrected chi connectivity index (χ3v) is 1.83. The van der Waals surface area contributed by atoms with Crippen LogP contribution >= 0.6 is 0 Å². The first-order valence-electron chi connectivity index (χ1n) is 3.96. The molecular formula is C9H13FN2O. The van der Waals surface area contributed by atoms with Gasteiger partial charge in [-0.3, -0.25) is 0 Å². The number of anilines is 2. The summed E-state index contributed by atoms with van der Waals surface area (Å²) in [5, 5.41) is 5.82. The normalized spacial score (nSPS) is 9.54. The fourth-order valence-electron chi connectivity index (χ4n) is 1.12. The molecule has 0 aliphatic rings. The van der Waals surface area contributed by atoms with E-state index in [1.54, 1.807) is 20.2 Å². The molecule has 0 aromatic heterocycles. The van der Waals surface area contributed by atoms with Crippen LogP contribution in [0.4, 0.5) is 15.8 Å². The third kappa shape index (κ3) is 1.83. The van der Waals surface area contributed by atoms with Gasteiger partial charge in [0.2, 0.25) is 0 Å². The number of rotatable bonds is 3. The van der Waals surface area contributed by atoms with Gasteiger partial charge in [-0.1, -0.05) is 0 Å². The van der Waals surface area contributed by atoms with Crippen molar-refractivity contribution in [1.29, 1.82) is 0 Å². The molecule has 2 N–H and O–H groups in total. The zero-order valence-electron chi connectivity index (χ0n) is 7.94. The summed E-state index contributed by atoms with van der Waals surface area (Å²) in [7, 11) is 4.95. The summed E-state index contributed by atoms with van der Waals surface area (Å²) in [5.74, 6) is -0.130. The fourth-order valence-corrected chi connectivity index (χ4v) is 1.12. The molecule has 1 rings (SSSR count). The summed E-state index contributed by atoms with van der Waals surface area (Å²) >= 11 is 0. The van der Waals surface area contributed by atoms with Gasteiger partial charge in [0, 0.05) is 26.2 Å². The van der Waals surface area contributed by atoms with Crippen LogP contribution in [0.3, 0.4) is 0 Å². The van der Waals surface area contributed by atoms with Gasteiger partial charge >= 0.3 is 0 Å². The van der Waals surface area contributed by atoms with Crippen molar-refractivity contribution in [1.82, 2.24) is 0 Å². The minimum absolute atomic E-state index is 0.239. The van der Waals surface area contributed by atoms with Gasteiger partial charge in [-0.25, -0.2) is 4.39 Å². The van der Waals surface area contributed by atoms with Gasteiger partial charge in [0.05, 0.1) is 18.5 Å². The Morgan fingerprint density at radius 1 is 1.15 bits per heavy atom. The van der Waals surface area contributed by atoms with E-state index < -0.39 is 0 Å². The van der Waals surface area contributed by atoms with Crippen molar-refractivity contribution in [2.75, 3.05) is 31.8 Å². The predicted molar refractivity (Wildman–Crippen MR) is 52.0 cm³/mol. The highest BCUT2D eigenvalue weighted by Crippen LogP contribution is 2.29. The SMILES string of the molecule is CNc1cc(F)c(OC)cc1NC. The van der Waals surface area contributed by atoms with Crippen LogP contribution in [0.1, 0.15) is 0 Å². The first kappa shape index (κ1) is 9.64. The summed E-state index contributed by atoms with van der Waals surface area (Å²) in [5.41, 5.74) is 1.52. The number of methoxy groups -OCH3 is 1. The van der Waals surface area contributed by atoms with Crippen molar-refractivity contribution in [2.45, 2.75) is 0 Å². The van der Waals surface area contributed by atoms with Crippen LogP contribution < -0.4 is 15.4 Å². The minimum Gasteiger partial charge on any atom is -0.494 e. The lowest BCUT2D eigenvalue weighted by Gasteiger charge is -2.11. The molecule has 0 heterocycles. The van der Waals surface area contributed by atoms with E-state index in [1.807, 2.05) is 0 Å². The lowest BCUT2D eigenvalue weighted by Crippen LogP contribution is -1.99. The lowest BCUT2D eigenvalue weighted by atomic mass is 10.2. The van der Waals surface area contributed by atoms with Crippen molar-refractivity contribution in [3.05, 3.63) is 17.9 Å². The zero-order valence-corrected chi connectivity index (χ0v) is 7.94. The monoisotopic (exact) mass is 184 g/mol. The molecule has 0 saturated carbocycles. The summed E-state index contributed by atoms with van der Waals surface area (Å²) in [6, 6.07) is 3.01. The van der Waals surface area contributed by atoms with Gasteiger partial charge in [0.25, 0.3) is 0 Å².